The highest BCUT2D eigenvalue weighted by Crippen LogP contribution is 2.27. The van der Waals surface area contributed by atoms with E-state index in [0.717, 1.165) is 18.1 Å². The lowest BCUT2D eigenvalue weighted by Gasteiger charge is -2.43. The zero-order valence-electron chi connectivity index (χ0n) is 21.8. The number of ether oxygens (including phenoxy) is 5. The van der Waals surface area contributed by atoms with Crippen LogP contribution in [0.2, 0.25) is 0 Å². The first-order valence-electron chi connectivity index (χ1n) is 12.5. The Morgan fingerprint density at radius 1 is 0.846 bits per heavy atom. The highest BCUT2D eigenvalue weighted by Gasteiger charge is 2.50. The van der Waals surface area contributed by atoms with Gasteiger partial charge in [0.15, 0.2) is 18.5 Å². The molecular formula is C28H33NO10. The molecule has 11 heteroatoms. The number of nitrogens with one attached hydrogen (secondary N) is 1. The van der Waals surface area contributed by atoms with Crippen molar-refractivity contribution in [3.63, 3.8) is 0 Å². The Bertz CT molecular complexity index is 1090. The van der Waals surface area contributed by atoms with Crippen molar-refractivity contribution in [1.82, 2.24) is 5.32 Å². The quantitative estimate of drug-likeness (QED) is 0.302. The summed E-state index contributed by atoms with van der Waals surface area (Å²) in [6, 6.07) is 16.9. The summed E-state index contributed by atoms with van der Waals surface area (Å²) in [4.78, 5) is 48.5. The van der Waals surface area contributed by atoms with E-state index in [-0.39, 0.29) is 38.4 Å². The van der Waals surface area contributed by atoms with Crippen molar-refractivity contribution in [3.8, 4) is 0 Å². The molecule has 1 saturated heterocycles. The van der Waals surface area contributed by atoms with Gasteiger partial charge >= 0.3 is 18.0 Å². The van der Waals surface area contributed by atoms with Crippen LogP contribution in [0.4, 0.5) is 4.79 Å². The fourth-order valence-corrected chi connectivity index (χ4v) is 3.94. The minimum atomic E-state index is -1.66. The highest BCUT2D eigenvalue weighted by atomic mass is 16.7. The number of aliphatic hydroxyl groups is 1. The minimum absolute atomic E-state index is 0.0457. The molecule has 0 saturated carbocycles. The molecular weight excluding hydrogens is 510 g/mol. The molecule has 0 aromatic heterocycles. The van der Waals surface area contributed by atoms with Crippen LogP contribution >= 0.6 is 0 Å². The molecule has 11 nitrogen and oxygen atoms in total. The molecule has 2 N–H and O–H groups in total. The number of carbonyl (C=O) groups is 4. The Hall–Kier alpha value is -3.80. The van der Waals surface area contributed by atoms with Gasteiger partial charge in [0.25, 0.3) is 0 Å². The van der Waals surface area contributed by atoms with E-state index in [1.54, 1.807) is 24.3 Å². The van der Waals surface area contributed by atoms with Crippen LogP contribution in [-0.2, 0) is 51.3 Å². The lowest BCUT2D eigenvalue weighted by Crippen LogP contribution is -2.66. The van der Waals surface area contributed by atoms with Crippen LogP contribution in [0.3, 0.4) is 0 Å². The second kappa shape index (κ2) is 15.0. The molecule has 210 valence electrons. The molecule has 5 atom stereocenters. The molecule has 1 heterocycles. The van der Waals surface area contributed by atoms with E-state index in [1.807, 2.05) is 36.4 Å². The topological polar surface area (TPSA) is 147 Å². The molecule has 0 bridgehead atoms. The lowest BCUT2D eigenvalue weighted by atomic mass is 9.96. The number of rotatable bonds is 12. The molecule has 0 radical (unpaired) electrons. The van der Waals surface area contributed by atoms with Gasteiger partial charge in [-0.15, -0.1) is 0 Å². The average molecular weight is 544 g/mol. The third-order valence-electron chi connectivity index (χ3n) is 5.81. The maximum atomic E-state index is 12.6. The van der Waals surface area contributed by atoms with Gasteiger partial charge in [-0.2, -0.15) is 0 Å². The fraction of sp³-hybridized carbons (Fsp3) is 0.429. The molecule has 1 amide bonds. The average Bonchev–Trinajstić information content (AvgIpc) is 2.91. The molecule has 0 spiro atoms. The minimum Gasteiger partial charge on any atom is -0.456 e. The molecule has 39 heavy (non-hydrogen) atoms. The molecule has 1 aliphatic rings. The Morgan fingerprint density at radius 3 is 2.05 bits per heavy atom. The van der Waals surface area contributed by atoms with Gasteiger partial charge in [0.2, 0.25) is 0 Å². The van der Waals surface area contributed by atoms with Gasteiger partial charge in [-0.1, -0.05) is 60.7 Å². The first kappa shape index (κ1) is 29.8. The standard InChI is InChI=1S/C28H33NO10/c1-18(30)13-14-23(32)39-25-22(17-35-15-20-9-5-3-6-10-20)38-27(33)24(26(25)37-19(2)31)29-28(34)36-16-21-11-7-4-8-12-21/h3-12,22,24-27,33H,13-17H2,1-2H3,(H,29,34)/t22-,24-,25-,26+,27+/m1/s1. The van der Waals surface area contributed by atoms with E-state index in [0.29, 0.717) is 0 Å². The van der Waals surface area contributed by atoms with E-state index in [1.165, 1.54) is 6.92 Å². The number of amides is 1. The Labute approximate surface area is 226 Å². The summed E-state index contributed by atoms with van der Waals surface area (Å²) in [7, 11) is 0. The van der Waals surface area contributed by atoms with Gasteiger partial charge in [-0.3, -0.25) is 9.59 Å². The number of ketones is 1. The summed E-state index contributed by atoms with van der Waals surface area (Å²) >= 11 is 0. The summed E-state index contributed by atoms with van der Waals surface area (Å²) < 4.78 is 27.7. The first-order valence-corrected chi connectivity index (χ1v) is 12.5. The van der Waals surface area contributed by atoms with E-state index >= 15 is 0 Å². The largest absolute Gasteiger partial charge is 0.456 e. The second-order valence-electron chi connectivity index (χ2n) is 9.03. The van der Waals surface area contributed by atoms with Crippen molar-refractivity contribution in [2.24, 2.45) is 0 Å². The van der Waals surface area contributed by atoms with Crippen molar-refractivity contribution >= 4 is 23.8 Å². The number of aliphatic hydroxyl groups excluding tert-OH is 1. The zero-order valence-corrected chi connectivity index (χ0v) is 21.8. The van der Waals surface area contributed by atoms with E-state index in [9.17, 15) is 24.3 Å². The second-order valence-corrected chi connectivity index (χ2v) is 9.03. The van der Waals surface area contributed by atoms with Crippen molar-refractivity contribution in [3.05, 3.63) is 71.8 Å². The highest BCUT2D eigenvalue weighted by molar-refractivity contribution is 5.81. The summed E-state index contributed by atoms with van der Waals surface area (Å²) in [5.41, 5.74) is 1.61. The van der Waals surface area contributed by atoms with Crippen molar-refractivity contribution in [2.45, 2.75) is 70.5 Å². The predicted molar refractivity (Wildman–Crippen MR) is 136 cm³/mol. The fourth-order valence-electron chi connectivity index (χ4n) is 3.94. The Morgan fingerprint density at radius 2 is 1.46 bits per heavy atom. The normalized spacial score (nSPS) is 22.4. The van der Waals surface area contributed by atoms with Gasteiger partial charge in [-0.05, 0) is 18.1 Å². The van der Waals surface area contributed by atoms with Crippen LogP contribution in [0.5, 0.6) is 0 Å². The van der Waals surface area contributed by atoms with Gasteiger partial charge in [0, 0.05) is 13.3 Å². The van der Waals surface area contributed by atoms with E-state index in [2.05, 4.69) is 5.32 Å². The molecule has 1 fully saturated rings. The van der Waals surface area contributed by atoms with E-state index < -0.39 is 48.7 Å². The zero-order chi connectivity index (χ0) is 28.2. The van der Waals surface area contributed by atoms with Gasteiger partial charge < -0.3 is 38.9 Å². The number of benzene rings is 2. The van der Waals surface area contributed by atoms with Crippen LogP contribution in [-0.4, -0.2) is 66.2 Å². The SMILES string of the molecule is CC(=O)CCC(=O)O[C@H]1[C@@H](OC(C)=O)[C@@H](NC(=O)OCc2ccccc2)[C@@H](O)O[C@@H]1COCc1ccccc1. The number of Topliss-reactive ketones (excluding diaryl/α,β-unsaturated/α-hetero) is 1. The number of alkyl carbamates (subject to hydrolysis) is 1. The van der Waals surface area contributed by atoms with Crippen LogP contribution in [0.25, 0.3) is 0 Å². The van der Waals surface area contributed by atoms with Crippen LogP contribution in [0.1, 0.15) is 37.8 Å². The molecule has 0 unspecified atom stereocenters. The maximum absolute atomic E-state index is 12.6. The maximum Gasteiger partial charge on any atom is 0.407 e. The van der Waals surface area contributed by atoms with Gasteiger partial charge in [-0.25, -0.2) is 4.79 Å². The van der Waals surface area contributed by atoms with Crippen LogP contribution < -0.4 is 5.32 Å². The molecule has 2 aromatic carbocycles. The molecule has 2 aromatic rings. The third kappa shape index (κ3) is 9.78. The monoisotopic (exact) mass is 543 g/mol. The van der Waals surface area contributed by atoms with Gasteiger partial charge in [0.05, 0.1) is 19.6 Å². The smallest absolute Gasteiger partial charge is 0.407 e. The summed E-state index contributed by atoms with van der Waals surface area (Å²) in [5, 5.41) is 13.2. The Balaban J connectivity index is 1.75. The summed E-state index contributed by atoms with van der Waals surface area (Å²) in [6.45, 7) is 2.50. The third-order valence-corrected chi connectivity index (χ3v) is 5.81. The van der Waals surface area contributed by atoms with Crippen molar-refractivity contribution in [1.29, 1.82) is 0 Å². The number of hydrogen-bond acceptors (Lipinski definition) is 10. The molecule has 1 aliphatic heterocycles. The Kier molecular flexibility index (Phi) is 11.4. The lowest BCUT2D eigenvalue weighted by molar-refractivity contribution is -0.266. The number of carbonyl (C=O) groups excluding carboxylic acids is 4. The number of esters is 2. The van der Waals surface area contributed by atoms with E-state index in [4.69, 9.17) is 23.7 Å². The van der Waals surface area contributed by atoms with Crippen LogP contribution in [0, 0.1) is 0 Å². The molecule has 0 aliphatic carbocycles. The summed E-state index contributed by atoms with van der Waals surface area (Å²) in [5.74, 6) is -1.69. The molecule has 3 rings (SSSR count). The van der Waals surface area contributed by atoms with Gasteiger partial charge in [0.1, 0.15) is 24.5 Å². The number of hydrogen-bond donors (Lipinski definition) is 2. The van der Waals surface area contributed by atoms with Crippen molar-refractivity contribution in [2.75, 3.05) is 6.61 Å². The first-order chi connectivity index (χ1) is 18.7. The van der Waals surface area contributed by atoms with Crippen LogP contribution in [0.15, 0.2) is 60.7 Å². The predicted octanol–water partition coefficient (Wildman–Crippen LogP) is 2.43. The summed E-state index contributed by atoms with van der Waals surface area (Å²) in [6.07, 6.45) is -6.51. The van der Waals surface area contributed by atoms with Crippen molar-refractivity contribution < 1.29 is 48.0 Å².